The molecular formula is C10H25O3PSi. The van der Waals surface area contributed by atoms with Gasteiger partial charge in [-0.15, -0.1) is 0 Å². The van der Waals surface area contributed by atoms with Crippen LogP contribution >= 0.6 is 7.92 Å². The van der Waals surface area contributed by atoms with Crippen LogP contribution in [0.25, 0.3) is 0 Å². The third-order valence-corrected chi connectivity index (χ3v) is 8.60. The first-order valence-corrected chi connectivity index (χ1v) is 9.85. The molecule has 0 fully saturated rings. The molecule has 1 unspecified atom stereocenters. The van der Waals surface area contributed by atoms with Crippen LogP contribution in [0, 0.1) is 0 Å². The zero-order chi connectivity index (χ0) is 11.9. The molecule has 0 aliphatic rings. The van der Waals surface area contributed by atoms with Crippen LogP contribution in [0.15, 0.2) is 0 Å². The number of hydrogen-bond acceptors (Lipinski definition) is 3. The van der Waals surface area contributed by atoms with Crippen molar-refractivity contribution < 1.29 is 14.0 Å². The summed E-state index contributed by atoms with van der Waals surface area (Å²) in [6.45, 7) is 6.35. The van der Waals surface area contributed by atoms with Crippen LogP contribution in [0.2, 0.25) is 12.6 Å². The first-order chi connectivity index (χ1) is 7.02. The maximum atomic E-state index is 10.0. The van der Waals surface area contributed by atoms with Gasteiger partial charge in [-0.05, 0) is 31.3 Å². The van der Waals surface area contributed by atoms with Crippen molar-refractivity contribution in [3.63, 3.8) is 0 Å². The summed E-state index contributed by atoms with van der Waals surface area (Å²) in [4.78, 5) is 0. The van der Waals surface area contributed by atoms with Gasteiger partial charge >= 0.3 is 8.56 Å². The molecule has 0 spiro atoms. The van der Waals surface area contributed by atoms with Crippen molar-refractivity contribution in [3.8, 4) is 0 Å². The molecular weight excluding hydrogens is 227 g/mol. The van der Waals surface area contributed by atoms with Gasteiger partial charge in [0.25, 0.3) is 0 Å². The molecule has 0 amide bonds. The van der Waals surface area contributed by atoms with Crippen LogP contribution in [-0.4, -0.2) is 46.1 Å². The maximum absolute atomic E-state index is 10.0. The number of hydrogen-bond donors (Lipinski definition) is 1. The van der Waals surface area contributed by atoms with Crippen LogP contribution in [0.4, 0.5) is 0 Å². The molecule has 0 aromatic rings. The van der Waals surface area contributed by atoms with Crippen molar-refractivity contribution in [2.24, 2.45) is 0 Å². The molecule has 3 nitrogen and oxygen atoms in total. The summed E-state index contributed by atoms with van der Waals surface area (Å²) in [6, 6.07) is 0.875. The molecule has 1 atom stereocenters. The third kappa shape index (κ3) is 5.41. The second kappa shape index (κ2) is 7.74. The SMILES string of the molecule is CCP(CC)C(O)CC[Si](C)(OC)OC. The standard InChI is InChI=1S/C10H25O3PSi/c1-6-14(7-2)10(11)8-9-15(5,12-3)13-4/h10-11H,6-9H2,1-5H3. The predicted molar refractivity (Wildman–Crippen MR) is 69.1 cm³/mol. The number of aliphatic hydroxyl groups excluding tert-OH is 1. The Morgan fingerprint density at radius 1 is 1.20 bits per heavy atom. The Labute approximate surface area is 96.2 Å². The van der Waals surface area contributed by atoms with Crippen LogP contribution in [0.3, 0.4) is 0 Å². The highest BCUT2D eigenvalue weighted by Crippen LogP contribution is 2.41. The Bertz CT molecular complexity index is 161. The second-order valence-corrected chi connectivity index (χ2v) is 10.4. The minimum atomic E-state index is -1.98. The van der Waals surface area contributed by atoms with Crippen molar-refractivity contribution in [2.75, 3.05) is 26.5 Å². The van der Waals surface area contributed by atoms with E-state index in [4.69, 9.17) is 8.85 Å². The third-order valence-electron chi connectivity index (χ3n) is 2.95. The molecule has 0 saturated heterocycles. The van der Waals surface area contributed by atoms with Gasteiger partial charge in [-0.3, -0.25) is 0 Å². The smallest absolute Gasteiger partial charge is 0.334 e. The van der Waals surface area contributed by atoms with Gasteiger partial charge in [0, 0.05) is 14.2 Å². The van der Waals surface area contributed by atoms with E-state index in [2.05, 4.69) is 13.8 Å². The molecule has 15 heavy (non-hydrogen) atoms. The highest BCUT2D eigenvalue weighted by Gasteiger charge is 2.30. The lowest BCUT2D eigenvalue weighted by atomic mass is 10.5. The molecule has 0 aliphatic carbocycles. The predicted octanol–water partition coefficient (Wildman–Crippen LogP) is 2.58. The summed E-state index contributed by atoms with van der Waals surface area (Å²) in [5.74, 6) is -0.146. The van der Waals surface area contributed by atoms with Crippen LogP contribution in [0.1, 0.15) is 20.3 Å². The quantitative estimate of drug-likeness (QED) is 0.533. The Morgan fingerprint density at radius 2 is 1.67 bits per heavy atom. The van der Waals surface area contributed by atoms with E-state index < -0.39 is 8.56 Å². The van der Waals surface area contributed by atoms with Gasteiger partial charge < -0.3 is 14.0 Å². The first-order valence-electron chi connectivity index (χ1n) is 5.55. The minimum absolute atomic E-state index is 0.146. The van der Waals surface area contributed by atoms with E-state index in [-0.39, 0.29) is 13.8 Å². The van der Waals surface area contributed by atoms with Crippen molar-refractivity contribution in [2.45, 2.75) is 38.7 Å². The zero-order valence-electron chi connectivity index (χ0n) is 10.6. The molecule has 0 rings (SSSR count). The second-order valence-electron chi connectivity index (χ2n) is 3.78. The molecule has 1 N–H and O–H groups in total. The van der Waals surface area contributed by atoms with Gasteiger partial charge in [0.15, 0.2) is 0 Å². The van der Waals surface area contributed by atoms with E-state index in [1.165, 1.54) is 0 Å². The summed E-state index contributed by atoms with van der Waals surface area (Å²) < 4.78 is 10.8. The van der Waals surface area contributed by atoms with Crippen LogP contribution in [-0.2, 0) is 8.85 Å². The monoisotopic (exact) mass is 252 g/mol. The Hall–Kier alpha value is 0.527. The molecule has 0 saturated carbocycles. The fourth-order valence-corrected chi connectivity index (χ4v) is 4.91. The molecule has 0 radical (unpaired) electrons. The normalized spacial score (nSPS) is 14.6. The summed E-state index contributed by atoms with van der Waals surface area (Å²) in [5, 5.41) is 10.0. The minimum Gasteiger partial charge on any atom is -0.398 e. The lowest BCUT2D eigenvalue weighted by molar-refractivity contribution is 0.224. The summed E-state index contributed by atoms with van der Waals surface area (Å²) in [7, 11) is 1.20. The molecule has 5 heteroatoms. The van der Waals surface area contributed by atoms with Crippen molar-refractivity contribution in [1.29, 1.82) is 0 Å². The van der Waals surface area contributed by atoms with Gasteiger partial charge in [-0.25, -0.2) is 0 Å². The van der Waals surface area contributed by atoms with Crippen molar-refractivity contribution in [1.82, 2.24) is 0 Å². The average Bonchev–Trinajstić information content (AvgIpc) is 2.27. The van der Waals surface area contributed by atoms with Gasteiger partial charge in [-0.1, -0.05) is 21.8 Å². The van der Waals surface area contributed by atoms with Crippen LogP contribution in [0.5, 0.6) is 0 Å². The van der Waals surface area contributed by atoms with Gasteiger partial charge in [0.1, 0.15) is 0 Å². The number of rotatable bonds is 8. The molecule has 0 aliphatic heterocycles. The Morgan fingerprint density at radius 3 is 2.00 bits per heavy atom. The van der Waals surface area contributed by atoms with Gasteiger partial charge in [-0.2, -0.15) is 0 Å². The number of aliphatic hydroxyl groups is 1. The summed E-state index contributed by atoms with van der Waals surface area (Å²) in [5.41, 5.74) is 0. The van der Waals surface area contributed by atoms with E-state index in [0.29, 0.717) is 0 Å². The lowest BCUT2D eigenvalue weighted by Crippen LogP contribution is -2.36. The van der Waals surface area contributed by atoms with Gasteiger partial charge in [0.05, 0.1) is 5.85 Å². The lowest BCUT2D eigenvalue weighted by Gasteiger charge is -2.26. The molecule has 0 heterocycles. The van der Waals surface area contributed by atoms with Crippen LogP contribution < -0.4 is 0 Å². The maximum Gasteiger partial charge on any atom is 0.334 e. The topological polar surface area (TPSA) is 38.7 Å². The first kappa shape index (κ1) is 15.5. The van der Waals surface area contributed by atoms with E-state index in [0.717, 1.165) is 24.8 Å². The molecule has 0 aromatic carbocycles. The fourth-order valence-electron chi connectivity index (χ4n) is 1.51. The average molecular weight is 252 g/mol. The van der Waals surface area contributed by atoms with Gasteiger partial charge in [0.2, 0.25) is 0 Å². The summed E-state index contributed by atoms with van der Waals surface area (Å²) >= 11 is 0. The Balaban J connectivity index is 4.02. The van der Waals surface area contributed by atoms with Crippen molar-refractivity contribution >= 4 is 16.5 Å². The molecule has 92 valence electrons. The zero-order valence-corrected chi connectivity index (χ0v) is 12.5. The van der Waals surface area contributed by atoms with E-state index in [9.17, 15) is 5.11 Å². The highest BCUT2D eigenvalue weighted by atomic mass is 31.1. The Kier molecular flexibility index (Phi) is 8.02. The summed E-state index contributed by atoms with van der Waals surface area (Å²) in [6.07, 6.45) is 3.02. The molecule has 0 aromatic heterocycles. The fraction of sp³-hybridized carbons (Fsp3) is 1.00. The van der Waals surface area contributed by atoms with E-state index in [1.807, 2.05) is 6.55 Å². The van der Waals surface area contributed by atoms with Crippen molar-refractivity contribution in [3.05, 3.63) is 0 Å². The highest BCUT2D eigenvalue weighted by molar-refractivity contribution is 7.58. The molecule has 0 bridgehead atoms. The van der Waals surface area contributed by atoms with E-state index >= 15 is 0 Å². The largest absolute Gasteiger partial charge is 0.398 e. The van der Waals surface area contributed by atoms with E-state index in [1.54, 1.807) is 14.2 Å².